The van der Waals surface area contributed by atoms with Crippen molar-refractivity contribution in [1.82, 2.24) is 9.13 Å². The SMILES string of the molecule is Cc1cn(-c2ccccc2)c(=O)n1-c1ccccc1. The van der Waals surface area contributed by atoms with Gasteiger partial charge in [-0.2, -0.15) is 0 Å². The van der Waals surface area contributed by atoms with Gasteiger partial charge in [-0.25, -0.2) is 4.79 Å². The second-order valence-corrected chi connectivity index (χ2v) is 4.43. The minimum absolute atomic E-state index is 0.0464. The minimum Gasteiger partial charge on any atom is -0.267 e. The third-order valence-corrected chi connectivity index (χ3v) is 3.11. The van der Waals surface area contributed by atoms with Crippen molar-refractivity contribution in [2.24, 2.45) is 0 Å². The molecule has 0 aliphatic carbocycles. The minimum atomic E-state index is -0.0464. The topological polar surface area (TPSA) is 26.9 Å². The highest BCUT2D eigenvalue weighted by atomic mass is 16.1. The van der Waals surface area contributed by atoms with Gasteiger partial charge in [-0.05, 0) is 31.2 Å². The van der Waals surface area contributed by atoms with Gasteiger partial charge in [0.1, 0.15) is 0 Å². The van der Waals surface area contributed by atoms with Crippen LogP contribution in [0.5, 0.6) is 0 Å². The Labute approximate surface area is 111 Å². The first kappa shape index (κ1) is 11.5. The predicted octanol–water partition coefficient (Wildman–Crippen LogP) is 2.94. The number of hydrogen-bond donors (Lipinski definition) is 0. The van der Waals surface area contributed by atoms with Crippen LogP contribution in [0.25, 0.3) is 11.4 Å². The van der Waals surface area contributed by atoms with Crippen molar-refractivity contribution in [1.29, 1.82) is 0 Å². The fraction of sp³-hybridized carbons (Fsp3) is 0.0625. The summed E-state index contributed by atoms with van der Waals surface area (Å²) in [5.41, 5.74) is 2.64. The van der Waals surface area contributed by atoms with Crippen molar-refractivity contribution >= 4 is 0 Å². The van der Waals surface area contributed by atoms with Gasteiger partial charge in [0, 0.05) is 11.9 Å². The molecule has 3 nitrogen and oxygen atoms in total. The van der Waals surface area contributed by atoms with E-state index in [1.807, 2.05) is 73.8 Å². The average Bonchev–Trinajstić information content (AvgIpc) is 2.76. The number of benzene rings is 2. The van der Waals surface area contributed by atoms with Crippen LogP contribution in [0.1, 0.15) is 5.69 Å². The third kappa shape index (κ3) is 1.99. The van der Waals surface area contributed by atoms with Gasteiger partial charge in [-0.3, -0.25) is 9.13 Å². The fourth-order valence-electron chi connectivity index (χ4n) is 2.22. The molecule has 0 fully saturated rings. The molecule has 0 spiro atoms. The average molecular weight is 250 g/mol. The lowest BCUT2D eigenvalue weighted by Crippen LogP contribution is -2.22. The van der Waals surface area contributed by atoms with E-state index in [1.54, 1.807) is 9.13 Å². The molecule has 0 bridgehead atoms. The van der Waals surface area contributed by atoms with Crippen molar-refractivity contribution in [2.75, 3.05) is 0 Å². The molecule has 0 radical (unpaired) electrons. The van der Waals surface area contributed by atoms with Crippen LogP contribution in [0.3, 0.4) is 0 Å². The van der Waals surface area contributed by atoms with Crippen molar-refractivity contribution in [3.8, 4) is 11.4 Å². The normalized spacial score (nSPS) is 10.6. The van der Waals surface area contributed by atoms with Gasteiger partial charge in [0.2, 0.25) is 0 Å². The first-order chi connectivity index (χ1) is 9.27. The molecule has 19 heavy (non-hydrogen) atoms. The summed E-state index contributed by atoms with van der Waals surface area (Å²) >= 11 is 0. The third-order valence-electron chi connectivity index (χ3n) is 3.11. The van der Waals surface area contributed by atoms with Crippen LogP contribution >= 0.6 is 0 Å². The van der Waals surface area contributed by atoms with E-state index in [1.165, 1.54) is 0 Å². The summed E-state index contributed by atoms with van der Waals surface area (Å²) < 4.78 is 3.38. The molecule has 3 heteroatoms. The van der Waals surface area contributed by atoms with Crippen molar-refractivity contribution in [2.45, 2.75) is 6.92 Å². The van der Waals surface area contributed by atoms with Crippen LogP contribution in [0, 0.1) is 6.92 Å². The molecule has 0 saturated heterocycles. The van der Waals surface area contributed by atoms with E-state index in [9.17, 15) is 4.79 Å². The van der Waals surface area contributed by atoms with Gasteiger partial charge in [-0.1, -0.05) is 36.4 Å². The maximum Gasteiger partial charge on any atom is 0.337 e. The molecule has 0 atom stereocenters. The van der Waals surface area contributed by atoms with E-state index in [-0.39, 0.29) is 5.69 Å². The largest absolute Gasteiger partial charge is 0.337 e. The van der Waals surface area contributed by atoms with Crippen LogP contribution in [-0.4, -0.2) is 9.13 Å². The summed E-state index contributed by atoms with van der Waals surface area (Å²) in [6.45, 7) is 1.94. The van der Waals surface area contributed by atoms with E-state index < -0.39 is 0 Å². The highest BCUT2D eigenvalue weighted by molar-refractivity contribution is 5.37. The van der Waals surface area contributed by atoms with E-state index in [0.29, 0.717) is 0 Å². The van der Waals surface area contributed by atoms with Gasteiger partial charge >= 0.3 is 5.69 Å². The number of hydrogen-bond acceptors (Lipinski definition) is 1. The van der Waals surface area contributed by atoms with Gasteiger partial charge in [-0.15, -0.1) is 0 Å². The monoisotopic (exact) mass is 250 g/mol. The first-order valence-electron chi connectivity index (χ1n) is 6.19. The lowest BCUT2D eigenvalue weighted by atomic mass is 10.3. The molecule has 0 aliphatic heterocycles. The molecular formula is C16H14N2O. The number of rotatable bonds is 2. The van der Waals surface area contributed by atoms with Crippen LogP contribution in [-0.2, 0) is 0 Å². The smallest absolute Gasteiger partial charge is 0.267 e. The van der Waals surface area contributed by atoms with Crippen LogP contribution in [0.4, 0.5) is 0 Å². The second kappa shape index (κ2) is 4.61. The zero-order valence-corrected chi connectivity index (χ0v) is 10.7. The van der Waals surface area contributed by atoms with Crippen LogP contribution < -0.4 is 5.69 Å². The van der Waals surface area contributed by atoms with Crippen molar-refractivity contribution in [3.63, 3.8) is 0 Å². The van der Waals surface area contributed by atoms with Crippen molar-refractivity contribution < 1.29 is 0 Å². The molecule has 94 valence electrons. The summed E-state index contributed by atoms with van der Waals surface area (Å²) in [7, 11) is 0. The Balaban J connectivity index is 2.20. The van der Waals surface area contributed by atoms with Gasteiger partial charge in [0.05, 0.1) is 11.4 Å². The highest BCUT2D eigenvalue weighted by Crippen LogP contribution is 2.11. The molecule has 1 aromatic heterocycles. The Morgan fingerprint density at radius 1 is 0.789 bits per heavy atom. The molecule has 2 aromatic carbocycles. The molecule has 0 saturated carbocycles. The number of aryl methyl sites for hydroxylation is 1. The Morgan fingerprint density at radius 2 is 1.32 bits per heavy atom. The number of para-hydroxylation sites is 2. The Hall–Kier alpha value is -2.55. The molecular weight excluding hydrogens is 236 g/mol. The van der Waals surface area contributed by atoms with Crippen LogP contribution in [0.2, 0.25) is 0 Å². The van der Waals surface area contributed by atoms with Crippen molar-refractivity contribution in [3.05, 3.63) is 83.0 Å². The lowest BCUT2D eigenvalue weighted by molar-refractivity contribution is 0.895. The van der Waals surface area contributed by atoms with E-state index in [0.717, 1.165) is 17.1 Å². The molecule has 3 aromatic rings. The van der Waals surface area contributed by atoms with Gasteiger partial charge in [0.25, 0.3) is 0 Å². The lowest BCUT2D eigenvalue weighted by Gasteiger charge is -2.03. The zero-order chi connectivity index (χ0) is 13.2. The predicted molar refractivity (Wildman–Crippen MR) is 76.1 cm³/mol. The summed E-state index contributed by atoms with van der Waals surface area (Å²) in [5.74, 6) is 0. The Morgan fingerprint density at radius 3 is 1.89 bits per heavy atom. The molecule has 3 rings (SSSR count). The van der Waals surface area contributed by atoms with Crippen LogP contribution in [0.15, 0.2) is 71.7 Å². The van der Waals surface area contributed by atoms with Gasteiger partial charge < -0.3 is 0 Å². The molecule has 1 heterocycles. The summed E-state index contributed by atoms with van der Waals surface area (Å²) in [4.78, 5) is 12.5. The number of imidazole rings is 1. The summed E-state index contributed by atoms with van der Waals surface area (Å²) in [6, 6.07) is 19.3. The summed E-state index contributed by atoms with van der Waals surface area (Å²) in [5, 5.41) is 0. The Bertz CT molecular complexity index is 739. The molecule has 0 N–H and O–H groups in total. The number of nitrogens with zero attached hydrogens (tertiary/aromatic N) is 2. The van der Waals surface area contributed by atoms with E-state index in [2.05, 4.69) is 0 Å². The molecule has 0 unspecified atom stereocenters. The standard InChI is InChI=1S/C16H14N2O/c1-13-12-17(14-8-4-2-5-9-14)16(19)18(13)15-10-6-3-7-11-15/h2-12H,1H3. The van der Waals surface area contributed by atoms with E-state index in [4.69, 9.17) is 0 Å². The maximum atomic E-state index is 12.5. The fourth-order valence-corrected chi connectivity index (χ4v) is 2.22. The van der Waals surface area contributed by atoms with E-state index >= 15 is 0 Å². The Kier molecular flexibility index (Phi) is 2.80. The molecule has 0 amide bonds. The first-order valence-corrected chi connectivity index (χ1v) is 6.19. The number of aromatic nitrogens is 2. The molecule has 0 aliphatic rings. The second-order valence-electron chi connectivity index (χ2n) is 4.43. The summed E-state index contributed by atoms with van der Waals surface area (Å²) in [6.07, 6.45) is 1.87. The quantitative estimate of drug-likeness (QED) is 0.687. The maximum absolute atomic E-state index is 12.5. The van der Waals surface area contributed by atoms with Gasteiger partial charge in [0.15, 0.2) is 0 Å². The highest BCUT2D eigenvalue weighted by Gasteiger charge is 2.10. The zero-order valence-electron chi connectivity index (χ0n) is 10.7.